The van der Waals surface area contributed by atoms with Gasteiger partial charge in [0.15, 0.2) is 0 Å². The van der Waals surface area contributed by atoms with E-state index in [1.165, 1.54) is 12.1 Å². The summed E-state index contributed by atoms with van der Waals surface area (Å²) < 4.78 is 47.2. The molecule has 0 radical (unpaired) electrons. The highest BCUT2D eigenvalue weighted by molar-refractivity contribution is 6.04. The highest BCUT2D eigenvalue weighted by Gasteiger charge is 2.31. The van der Waals surface area contributed by atoms with Gasteiger partial charge in [0.1, 0.15) is 5.75 Å². The van der Waals surface area contributed by atoms with Crippen molar-refractivity contribution in [1.82, 2.24) is 14.9 Å². The number of halogens is 3. The monoisotopic (exact) mass is 603 g/mol. The lowest BCUT2D eigenvalue weighted by Crippen LogP contribution is -2.35. The predicted octanol–water partition coefficient (Wildman–Crippen LogP) is 7.06. The van der Waals surface area contributed by atoms with Gasteiger partial charge in [0, 0.05) is 53.9 Å². The van der Waals surface area contributed by atoms with Crippen LogP contribution < -0.4 is 15.4 Å². The number of ether oxygens (including phenoxy) is 2. The first-order chi connectivity index (χ1) is 21.2. The number of nitrogens with one attached hydrogen (secondary N) is 2. The summed E-state index contributed by atoms with van der Waals surface area (Å²) in [7, 11) is 0. The molecule has 2 N–H and O–H groups in total. The number of anilines is 3. The quantitative estimate of drug-likeness (QED) is 0.212. The van der Waals surface area contributed by atoms with Crippen LogP contribution in [0.25, 0.3) is 11.3 Å². The van der Waals surface area contributed by atoms with Gasteiger partial charge < -0.3 is 20.1 Å². The van der Waals surface area contributed by atoms with Crippen molar-refractivity contribution in [2.45, 2.75) is 38.6 Å². The molecule has 2 heterocycles. The minimum absolute atomic E-state index is 0.214. The van der Waals surface area contributed by atoms with Gasteiger partial charge in [0.2, 0.25) is 5.95 Å². The van der Waals surface area contributed by atoms with Gasteiger partial charge in [0.25, 0.3) is 5.91 Å². The molecule has 3 aromatic carbocycles. The smallest absolute Gasteiger partial charge is 0.406 e. The maximum atomic E-state index is 13.1. The number of morpholine rings is 1. The van der Waals surface area contributed by atoms with Gasteiger partial charge in [-0.1, -0.05) is 12.1 Å². The van der Waals surface area contributed by atoms with Crippen LogP contribution in [0.5, 0.6) is 5.75 Å². The largest absolute Gasteiger partial charge is 0.573 e. The third-order valence-corrected chi connectivity index (χ3v) is 7.66. The normalized spacial score (nSPS) is 15.5. The number of amides is 1. The number of carbonyl (C=O) groups excluding carboxylic acids is 1. The number of aromatic nitrogens is 2. The predicted molar refractivity (Wildman–Crippen MR) is 161 cm³/mol. The second-order valence-electron chi connectivity index (χ2n) is 11.0. The van der Waals surface area contributed by atoms with Crippen molar-refractivity contribution in [1.29, 1.82) is 0 Å². The minimum Gasteiger partial charge on any atom is -0.406 e. The first-order valence-electron chi connectivity index (χ1n) is 14.5. The zero-order valence-electron chi connectivity index (χ0n) is 24.2. The van der Waals surface area contributed by atoms with Crippen molar-refractivity contribution in [3.05, 3.63) is 95.2 Å². The van der Waals surface area contributed by atoms with Crippen LogP contribution in [0.3, 0.4) is 0 Å². The molecule has 0 bridgehead atoms. The maximum absolute atomic E-state index is 13.1. The molecule has 0 spiro atoms. The van der Waals surface area contributed by atoms with Gasteiger partial charge in [-0.15, -0.1) is 13.2 Å². The Morgan fingerprint density at radius 3 is 2.43 bits per heavy atom. The number of hydrogen-bond donors (Lipinski definition) is 2. The lowest BCUT2D eigenvalue weighted by molar-refractivity contribution is -0.274. The molecule has 2 fully saturated rings. The van der Waals surface area contributed by atoms with E-state index in [-0.39, 0.29) is 11.7 Å². The molecule has 1 aromatic heterocycles. The Morgan fingerprint density at radius 2 is 1.75 bits per heavy atom. The van der Waals surface area contributed by atoms with E-state index < -0.39 is 6.36 Å². The summed E-state index contributed by atoms with van der Waals surface area (Å²) >= 11 is 0. The first-order valence-corrected chi connectivity index (χ1v) is 14.5. The van der Waals surface area contributed by atoms with E-state index in [1.54, 1.807) is 42.6 Å². The van der Waals surface area contributed by atoms with E-state index in [0.29, 0.717) is 34.4 Å². The highest BCUT2D eigenvalue weighted by atomic mass is 19.4. The summed E-state index contributed by atoms with van der Waals surface area (Å²) in [5.74, 6) is 0.159. The summed E-state index contributed by atoms with van der Waals surface area (Å²) in [6.45, 7) is 6.01. The minimum atomic E-state index is -4.75. The molecular formula is C33H32F3N5O3. The number of nitrogens with zero attached hydrogens (tertiary/aromatic N) is 3. The van der Waals surface area contributed by atoms with E-state index in [9.17, 15) is 18.0 Å². The molecule has 1 saturated carbocycles. The van der Waals surface area contributed by atoms with E-state index >= 15 is 0 Å². The molecule has 0 atom stereocenters. The van der Waals surface area contributed by atoms with Crippen LogP contribution in [0.1, 0.15) is 45.8 Å². The van der Waals surface area contributed by atoms with Crippen molar-refractivity contribution >= 4 is 23.2 Å². The van der Waals surface area contributed by atoms with Gasteiger partial charge >= 0.3 is 6.36 Å². The summed E-state index contributed by atoms with van der Waals surface area (Å²) in [6.07, 6.45) is -0.963. The Morgan fingerprint density at radius 1 is 1.02 bits per heavy atom. The van der Waals surface area contributed by atoms with Gasteiger partial charge in [-0.3, -0.25) is 9.69 Å². The fourth-order valence-corrected chi connectivity index (χ4v) is 5.14. The molecule has 6 rings (SSSR count). The molecule has 2 aliphatic rings. The van der Waals surface area contributed by atoms with Crippen molar-refractivity contribution in [2.24, 2.45) is 0 Å². The van der Waals surface area contributed by atoms with E-state index in [0.717, 1.165) is 68.1 Å². The number of carbonyl (C=O) groups is 1. The zero-order chi connectivity index (χ0) is 30.7. The molecule has 0 unspecified atom stereocenters. The summed E-state index contributed by atoms with van der Waals surface area (Å²) in [5.41, 5.74) is 6.35. The van der Waals surface area contributed by atoms with Crippen LogP contribution in [0.4, 0.5) is 30.5 Å². The lowest BCUT2D eigenvalue weighted by atomic mass is 10.0. The number of alkyl halides is 3. The Balaban J connectivity index is 1.13. The second-order valence-corrected chi connectivity index (χ2v) is 11.0. The van der Waals surface area contributed by atoms with Gasteiger partial charge in [-0.2, -0.15) is 0 Å². The molecule has 4 aromatic rings. The molecular weight excluding hydrogens is 571 g/mol. The molecule has 11 heteroatoms. The van der Waals surface area contributed by atoms with Gasteiger partial charge in [0.05, 0.1) is 18.9 Å². The van der Waals surface area contributed by atoms with Crippen LogP contribution in [0.15, 0.2) is 72.9 Å². The number of benzene rings is 3. The molecule has 1 saturated heterocycles. The molecule has 228 valence electrons. The molecule has 1 aliphatic carbocycles. The maximum Gasteiger partial charge on any atom is 0.573 e. The lowest BCUT2D eigenvalue weighted by Gasteiger charge is -2.26. The summed E-state index contributed by atoms with van der Waals surface area (Å²) in [6, 6.07) is 18.8. The van der Waals surface area contributed by atoms with Crippen molar-refractivity contribution < 1.29 is 27.4 Å². The Labute approximate surface area is 253 Å². The fraction of sp³-hybridized carbons (Fsp3) is 0.303. The van der Waals surface area contributed by atoms with Crippen LogP contribution in [0.2, 0.25) is 0 Å². The van der Waals surface area contributed by atoms with Gasteiger partial charge in [-0.05, 0) is 91.4 Å². The van der Waals surface area contributed by atoms with E-state index in [2.05, 4.69) is 31.3 Å². The molecule has 44 heavy (non-hydrogen) atoms. The molecule has 8 nitrogen and oxygen atoms in total. The van der Waals surface area contributed by atoms with E-state index in [1.807, 2.05) is 19.1 Å². The van der Waals surface area contributed by atoms with Crippen molar-refractivity contribution in [2.75, 3.05) is 36.9 Å². The van der Waals surface area contributed by atoms with Crippen LogP contribution in [-0.4, -0.2) is 53.4 Å². The second kappa shape index (κ2) is 12.6. The highest BCUT2D eigenvalue weighted by Crippen LogP contribution is 2.44. The standard InChI is InChI=1S/C33H32F3N5O3/c1-21-2-3-22(20-41-14-16-43-17-15-41)18-29(21)39-31(42)25-6-10-26(11-7-25)38-32-37-19-28(23-4-5-23)30(40-32)24-8-12-27(13-9-24)44-33(34,35)36/h2-3,6-13,18-19,23H,4-5,14-17,20H2,1H3,(H,39,42)(H,37,38,40). The third-order valence-electron chi connectivity index (χ3n) is 7.66. The number of hydrogen-bond acceptors (Lipinski definition) is 7. The van der Waals surface area contributed by atoms with Crippen LogP contribution in [-0.2, 0) is 11.3 Å². The summed E-state index contributed by atoms with van der Waals surface area (Å²) in [4.78, 5) is 24.6. The Hall–Kier alpha value is -4.48. The van der Waals surface area contributed by atoms with Gasteiger partial charge in [-0.25, -0.2) is 9.97 Å². The fourth-order valence-electron chi connectivity index (χ4n) is 5.14. The summed E-state index contributed by atoms with van der Waals surface area (Å²) in [5, 5.41) is 6.21. The number of aryl methyl sites for hydroxylation is 1. The Kier molecular flexibility index (Phi) is 8.49. The Bertz CT molecular complexity index is 1620. The van der Waals surface area contributed by atoms with E-state index in [4.69, 9.17) is 9.72 Å². The number of rotatable bonds is 9. The molecule has 1 amide bonds. The average Bonchev–Trinajstić information content (AvgIpc) is 3.85. The topological polar surface area (TPSA) is 88.6 Å². The average molecular weight is 604 g/mol. The van der Waals surface area contributed by atoms with Crippen LogP contribution in [0, 0.1) is 6.92 Å². The third kappa shape index (κ3) is 7.53. The SMILES string of the molecule is Cc1ccc(CN2CCOCC2)cc1NC(=O)c1ccc(Nc2ncc(C3CC3)c(-c3ccc(OC(F)(F)F)cc3)n2)cc1. The van der Waals surface area contributed by atoms with Crippen LogP contribution >= 0.6 is 0 Å². The first kappa shape index (κ1) is 29.6. The molecule has 1 aliphatic heterocycles. The van der Waals surface area contributed by atoms with Crippen molar-refractivity contribution in [3.63, 3.8) is 0 Å². The van der Waals surface area contributed by atoms with Crippen molar-refractivity contribution in [3.8, 4) is 17.0 Å². The zero-order valence-corrected chi connectivity index (χ0v) is 24.2.